The Bertz CT molecular complexity index is 4.14. The SMILES string of the molecule is [CH3-].[CH3-].[CH3-].[CH3-].[CH3-].[CH3-].[Er]. The summed E-state index contributed by atoms with van der Waals surface area (Å²) < 4.78 is 0. The molecule has 0 aromatic rings. The molecule has 0 fully saturated rings. The van der Waals surface area contributed by atoms with Gasteiger partial charge in [0.2, 0.25) is 0 Å². The van der Waals surface area contributed by atoms with Crippen LogP contribution in [0.25, 0.3) is 0 Å². The van der Waals surface area contributed by atoms with Crippen LogP contribution < -0.4 is 0 Å². The van der Waals surface area contributed by atoms with Gasteiger partial charge in [0.05, 0.1) is 0 Å². The molecule has 0 radical (unpaired) electrons. The van der Waals surface area contributed by atoms with Crippen LogP contribution in [-0.2, 0) is 0 Å². The normalized spacial score (nSPS) is 0. The van der Waals surface area contributed by atoms with E-state index in [-0.39, 0.29) is 81.9 Å². The van der Waals surface area contributed by atoms with Crippen LogP contribution in [-0.4, -0.2) is 0 Å². The molecule has 0 aromatic carbocycles. The second-order valence-electron chi connectivity index (χ2n) is 0. The van der Waals surface area contributed by atoms with Crippen LogP contribution >= 0.6 is 0 Å². The smallest absolute Gasteiger partial charge is 0 e. The van der Waals surface area contributed by atoms with Crippen LogP contribution in [0.15, 0.2) is 0 Å². The van der Waals surface area contributed by atoms with Gasteiger partial charge in [-0.25, -0.2) is 0 Å². The first-order valence-corrected chi connectivity index (χ1v) is 0. The van der Waals surface area contributed by atoms with Crippen molar-refractivity contribution in [3.05, 3.63) is 44.6 Å². The third kappa shape index (κ3) is 128. The zero-order valence-electron chi connectivity index (χ0n) is 6.29. The first-order chi connectivity index (χ1) is 0. The van der Waals surface area contributed by atoms with Gasteiger partial charge in [0.15, 0.2) is 0 Å². The van der Waals surface area contributed by atoms with Gasteiger partial charge in [-0.15, -0.1) is 0 Å². The Labute approximate surface area is 81.3 Å². The van der Waals surface area contributed by atoms with Gasteiger partial charge in [-0.1, -0.05) is 0 Å². The fourth-order valence-electron chi connectivity index (χ4n) is 0. The first-order valence-electron chi connectivity index (χ1n) is 0. The maximum absolute atomic E-state index is 0. The molecule has 0 spiro atoms. The average Bonchev–Trinajstić information content (AvgIpc) is 0. The second-order valence-corrected chi connectivity index (χ2v) is 0. The molecule has 0 saturated carbocycles. The largest absolute Gasteiger partial charge is 0.358 e. The van der Waals surface area contributed by atoms with E-state index >= 15 is 0 Å². The van der Waals surface area contributed by atoms with Crippen molar-refractivity contribution in [3.8, 4) is 0 Å². The van der Waals surface area contributed by atoms with Crippen molar-refractivity contribution in [3.63, 3.8) is 0 Å². The Hall–Kier alpha value is 1.25. The average molecular weight is 257 g/mol. The van der Waals surface area contributed by atoms with Gasteiger partial charge in [-0.3, -0.25) is 0 Å². The zero-order valence-corrected chi connectivity index (χ0v) is 8.14. The minimum Gasteiger partial charge on any atom is -0.358 e. The van der Waals surface area contributed by atoms with Crippen LogP contribution in [0.5, 0.6) is 0 Å². The van der Waals surface area contributed by atoms with Gasteiger partial charge in [0.25, 0.3) is 0 Å². The standard InChI is InChI=1S/6CH3.Er/h6*1H3;/q6*-1;. The Morgan fingerprint density at radius 2 is 0.286 bits per heavy atom. The summed E-state index contributed by atoms with van der Waals surface area (Å²) in [5.41, 5.74) is 0. The van der Waals surface area contributed by atoms with Crippen molar-refractivity contribution in [2.75, 3.05) is 0 Å². The molecule has 0 N–H and O–H groups in total. The molecule has 0 atom stereocenters. The molecule has 7 heavy (non-hydrogen) atoms. The van der Waals surface area contributed by atoms with E-state index in [1.54, 1.807) is 0 Å². The van der Waals surface area contributed by atoms with Crippen molar-refractivity contribution < 1.29 is 37.3 Å². The molecule has 1 heteroatoms. The zero-order chi connectivity index (χ0) is 0. The predicted octanol–water partition coefficient (Wildman–Crippen LogP) is 2.70. The van der Waals surface area contributed by atoms with Gasteiger partial charge in [-0.2, -0.15) is 0 Å². The monoisotopic (exact) mass is 256 g/mol. The first kappa shape index (κ1) is 279. The van der Waals surface area contributed by atoms with Crippen LogP contribution in [0.2, 0.25) is 0 Å². The third-order valence-corrected chi connectivity index (χ3v) is 0. The van der Waals surface area contributed by atoms with Crippen LogP contribution in [0.4, 0.5) is 0 Å². The number of rotatable bonds is 0. The molecule has 0 aliphatic heterocycles. The van der Waals surface area contributed by atoms with Crippen molar-refractivity contribution in [2.24, 2.45) is 0 Å². The summed E-state index contributed by atoms with van der Waals surface area (Å²) in [4.78, 5) is 0. The maximum Gasteiger partial charge on any atom is 0 e. The van der Waals surface area contributed by atoms with Gasteiger partial charge in [0, 0.05) is 37.3 Å². The van der Waals surface area contributed by atoms with Crippen LogP contribution in [0, 0.1) is 81.9 Å². The summed E-state index contributed by atoms with van der Waals surface area (Å²) in [6.45, 7) is 0. The van der Waals surface area contributed by atoms with E-state index in [4.69, 9.17) is 0 Å². The quantitative estimate of drug-likeness (QED) is 0.585. The van der Waals surface area contributed by atoms with Crippen LogP contribution in [0.3, 0.4) is 0 Å². The van der Waals surface area contributed by atoms with E-state index in [1.165, 1.54) is 0 Å². The van der Waals surface area contributed by atoms with Gasteiger partial charge in [0.1, 0.15) is 0 Å². The molecule has 0 saturated heterocycles. The molecule has 60 valence electrons. The maximum atomic E-state index is 0. The molecule has 0 aromatic heterocycles. The van der Waals surface area contributed by atoms with Gasteiger partial charge >= 0.3 is 0 Å². The van der Waals surface area contributed by atoms with E-state index in [0.29, 0.717) is 0 Å². The van der Waals surface area contributed by atoms with Crippen molar-refractivity contribution in [2.45, 2.75) is 0 Å². The van der Waals surface area contributed by atoms with E-state index in [1.807, 2.05) is 0 Å². The summed E-state index contributed by atoms with van der Waals surface area (Å²) in [7, 11) is 0. The molecule has 0 unspecified atom stereocenters. The minimum absolute atomic E-state index is 0. The van der Waals surface area contributed by atoms with E-state index < -0.39 is 0 Å². The molecule has 0 nitrogen and oxygen atoms in total. The number of hydrogen-bond acceptors (Lipinski definition) is 0. The van der Waals surface area contributed by atoms with Crippen LogP contribution in [0.1, 0.15) is 0 Å². The predicted molar refractivity (Wildman–Crippen MR) is 38.5 cm³/mol. The Morgan fingerprint density at radius 1 is 0.286 bits per heavy atom. The second kappa shape index (κ2) is 182. The third-order valence-electron chi connectivity index (χ3n) is 0. The van der Waals surface area contributed by atoms with Crippen molar-refractivity contribution in [1.82, 2.24) is 0 Å². The molecule has 0 aliphatic carbocycles. The molecule has 0 bridgehead atoms. The summed E-state index contributed by atoms with van der Waals surface area (Å²) in [5.74, 6) is 0. The topological polar surface area (TPSA) is 0 Å². The van der Waals surface area contributed by atoms with Crippen molar-refractivity contribution in [1.29, 1.82) is 0 Å². The Morgan fingerprint density at radius 3 is 0.286 bits per heavy atom. The molecule has 0 heterocycles. The summed E-state index contributed by atoms with van der Waals surface area (Å²) >= 11 is 0. The fourth-order valence-corrected chi connectivity index (χ4v) is 0. The molecular weight excluding hydrogens is 239 g/mol. The van der Waals surface area contributed by atoms with Gasteiger partial charge < -0.3 is 44.6 Å². The Kier molecular flexibility index (Phi) is 7240. The Balaban J connectivity index is 0. The fraction of sp³-hybridized carbons (Fsp3) is 0. The summed E-state index contributed by atoms with van der Waals surface area (Å²) in [6, 6.07) is 0. The van der Waals surface area contributed by atoms with E-state index in [2.05, 4.69) is 0 Å². The summed E-state index contributed by atoms with van der Waals surface area (Å²) in [6.07, 6.45) is 0. The minimum atomic E-state index is 0. The van der Waals surface area contributed by atoms with Gasteiger partial charge in [-0.05, 0) is 0 Å². The summed E-state index contributed by atoms with van der Waals surface area (Å²) in [5, 5.41) is 0. The molecule has 0 amide bonds. The van der Waals surface area contributed by atoms with E-state index in [9.17, 15) is 0 Å². The molecule has 0 rings (SSSR count). The van der Waals surface area contributed by atoms with Crippen molar-refractivity contribution >= 4 is 0 Å². The molecular formula is C6H18Er-6. The molecule has 0 aliphatic rings. The van der Waals surface area contributed by atoms with E-state index in [0.717, 1.165) is 0 Å². The number of hydrogen-bond donors (Lipinski definition) is 0.